The monoisotopic (exact) mass is 520 g/mol. The molecule has 33 heavy (non-hydrogen) atoms. The summed E-state index contributed by atoms with van der Waals surface area (Å²) in [6, 6.07) is 6.48. The third-order valence-electron chi connectivity index (χ3n) is 5.71. The molecule has 2 aliphatic rings. The van der Waals surface area contributed by atoms with Crippen LogP contribution in [-0.2, 0) is 10.4 Å². The lowest BCUT2D eigenvalue weighted by atomic mass is 9.86. The Kier molecular flexibility index (Phi) is 6.59. The molecule has 0 radical (unpaired) electrons. The van der Waals surface area contributed by atoms with E-state index < -0.39 is 39.6 Å². The van der Waals surface area contributed by atoms with Crippen LogP contribution < -0.4 is 5.32 Å². The second-order valence-electron chi connectivity index (χ2n) is 7.95. The largest absolute Gasteiger partial charge is 0.435 e. The van der Waals surface area contributed by atoms with Gasteiger partial charge in [0.25, 0.3) is 11.5 Å². The standard InChI is InChI=1S/C22H18Cl2F4N2O2S/c1-11-6-12(2-3-15(11)20(31)29-14-4-5-33-10-14)18-9-21(32-30-18,22(26,27)28)13-7-16(23)19(25)17(24)8-13/h2-3,6-8,14H,4-5,9-10H2,1H3,(H,29,31). The molecular weight excluding hydrogens is 503 g/mol. The fraction of sp³-hybridized carbons (Fsp3) is 0.364. The van der Waals surface area contributed by atoms with Crippen molar-refractivity contribution in [2.45, 2.75) is 37.6 Å². The number of benzene rings is 2. The molecule has 1 N–H and O–H groups in total. The van der Waals surface area contributed by atoms with Crippen LogP contribution in [0.2, 0.25) is 10.0 Å². The van der Waals surface area contributed by atoms with Gasteiger partial charge >= 0.3 is 6.18 Å². The molecule has 0 spiro atoms. The van der Waals surface area contributed by atoms with E-state index >= 15 is 0 Å². The molecule has 0 aromatic heterocycles. The van der Waals surface area contributed by atoms with Crippen molar-refractivity contribution >= 4 is 46.6 Å². The Bertz CT molecular complexity index is 1110. The normalized spacial score (nSPS) is 22.8. The number of hydrogen-bond donors (Lipinski definition) is 1. The van der Waals surface area contributed by atoms with Gasteiger partial charge in [-0.15, -0.1) is 0 Å². The van der Waals surface area contributed by atoms with Crippen LogP contribution in [0.1, 0.15) is 39.9 Å². The molecule has 2 aromatic carbocycles. The third-order valence-corrected chi connectivity index (χ3v) is 7.42. The van der Waals surface area contributed by atoms with Crippen LogP contribution in [-0.4, -0.2) is 35.3 Å². The van der Waals surface area contributed by atoms with E-state index in [1.807, 2.05) is 0 Å². The topological polar surface area (TPSA) is 50.7 Å². The summed E-state index contributed by atoms with van der Waals surface area (Å²) in [4.78, 5) is 17.5. The Morgan fingerprint density at radius 2 is 1.94 bits per heavy atom. The van der Waals surface area contributed by atoms with Gasteiger partial charge in [-0.05, 0) is 54.5 Å². The zero-order valence-electron chi connectivity index (χ0n) is 17.2. The Hall–Kier alpha value is -1.97. The number of rotatable bonds is 4. The predicted octanol–water partition coefficient (Wildman–Crippen LogP) is 6.26. The van der Waals surface area contributed by atoms with Gasteiger partial charge < -0.3 is 10.2 Å². The highest BCUT2D eigenvalue weighted by atomic mass is 35.5. The first kappa shape index (κ1) is 24.2. The van der Waals surface area contributed by atoms with Crippen molar-refractivity contribution in [3.8, 4) is 0 Å². The molecule has 2 aliphatic heterocycles. The van der Waals surface area contributed by atoms with Crippen LogP contribution >= 0.6 is 35.0 Å². The van der Waals surface area contributed by atoms with Gasteiger partial charge in [-0.2, -0.15) is 24.9 Å². The van der Waals surface area contributed by atoms with Crippen molar-refractivity contribution in [1.82, 2.24) is 5.32 Å². The van der Waals surface area contributed by atoms with E-state index in [1.165, 1.54) is 6.07 Å². The maximum atomic E-state index is 14.2. The maximum Gasteiger partial charge on any atom is 0.435 e. The van der Waals surface area contributed by atoms with E-state index in [9.17, 15) is 22.4 Å². The molecule has 1 fully saturated rings. The van der Waals surface area contributed by atoms with Gasteiger partial charge in [0.1, 0.15) is 0 Å². The maximum absolute atomic E-state index is 14.2. The van der Waals surface area contributed by atoms with Gasteiger partial charge in [-0.25, -0.2) is 4.39 Å². The zero-order chi connectivity index (χ0) is 24.0. The number of halogens is 6. The molecule has 2 aromatic rings. The SMILES string of the molecule is Cc1cc(C2=NOC(c3cc(Cl)c(F)c(Cl)c3)(C(F)(F)F)C2)ccc1C(=O)NC1CCSC1. The summed E-state index contributed by atoms with van der Waals surface area (Å²) in [5.74, 6) is 0.609. The van der Waals surface area contributed by atoms with Crippen molar-refractivity contribution < 1.29 is 27.2 Å². The molecule has 0 bridgehead atoms. The van der Waals surface area contributed by atoms with Gasteiger partial charge in [0.15, 0.2) is 5.82 Å². The Morgan fingerprint density at radius 1 is 1.24 bits per heavy atom. The highest BCUT2D eigenvalue weighted by Crippen LogP contribution is 2.50. The van der Waals surface area contributed by atoms with E-state index in [1.54, 1.807) is 30.8 Å². The van der Waals surface area contributed by atoms with Gasteiger partial charge in [0.05, 0.1) is 15.8 Å². The quantitative estimate of drug-likeness (QED) is 0.382. The minimum Gasteiger partial charge on any atom is -0.374 e. The molecule has 4 nitrogen and oxygen atoms in total. The summed E-state index contributed by atoms with van der Waals surface area (Å²) in [5.41, 5.74) is -1.87. The minimum atomic E-state index is -4.89. The number of nitrogens with one attached hydrogen (secondary N) is 1. The van der Waals surface area contributed by atoms with Gasteiger partial charge in [-0.3, -0.25) is 4.79 Å². The fourth-order valence-corrected chi connectivity index (χ4v) is 5.50. The first-order chi connectivity index (χ1) is 15.5. The highest BCUT2D eigenvalue weighted by Gasteiger charge is 2.62. The lowest BCUT2D eigenvalue weighted by molar-refractivity contribution is -0.275. The number of carbonyl (C=O) groups is 1. The summed E-state index contributed by atoms with van der Waals surface area (Å²) in [6.45, 7) is 1.70. The lowest BCUT2D eigenvalue weighted by Crippen LogP contribution is -2.42. The molecule has 4 rings (SSSR count). The number of oxime groups is 1. The van der Waals surface area contributed by atoms with Crippen molar-refractivity contribution in [3.05, 3.63) is 68.4 Å². The third kappa shape index (κ3) is 4.55. The Morgan fingerprint density at radius 3 is 2.52 bits per heavy atom. The Balaban J connectivity index is 1.61. The van der Waals surface area contributed by atoms with Crippen LogP contribution in [0.15, 0.2) is 35.5 Å². The molecule has 11 heteroatoms. The van der Waals surface area contributed by atoms with E-state index in [0.717, 1.165) is 30.1 Å². The molecule has 176 valence electrons. The summed E-state index contributed by atoms with van der Waals surface area (Å²) in [5, 5.41) is 5.57. The van der Waals surface area contributed by atoms with Gasteiger partial charge in [0, 0.05) is 29.3 Å². The van der Waals surface area contributed by atoms with Crippen LogP contribution in [0, 0.1) is 12.7 Å². The molecule has 0 aliphatic carbocycles. The second kappa shape index (κ2) is 9.00. The summed E-state index contributed by atoms with van der Waals surface area (Å²) in [6.07, 6.45) is -4.66. The van der Waals surface area contributed by atoms with Crippen molar-refractivity contribution in [2.24, 2.45) is 5.16 Å². The van der Waals surface area contributed by atoms with Gasteiger partial charge in [0.2, 0.25) is 0 Å². The van der Waals surface area contributed by atoms with Crippen LogP contribution in [0.4, 0.5) is 17.6 Å². The van der Waals surface area contributed by atoms with E-state index in [0.29, 0.717) is 16.7 Å². The van der Waals surface area contributed by atoms with Crippen molar-refractivity contribution in [3.63, 3.8) is 0 Å². The number of thioether (sulfide) groups is 1. The van der Waals surface area contributed by atoms with E-state index in [2.05, 4.69) is 10.5 Å². The fourth-order valence-electron chi connectivity index (χ4n) is 3.86. The number of carbonyl (C=O) groups excluding carboxylic acids is 1. The molecule has 2 unspecified atom stereocenters. The van der Waals surface area contributed by atoms with Crippen molar-refractivity contribution in [2.75, 3.05) is 11.5 Å². The second-order valence-corrected chi connectivity index (χ2v) is 9.91. The van der Waals surface area contributed by atoms with Crippen LogP contribution in [0.25, 0.3) is 0 Å². The number of amides is 1. The minimum absolute atomic E-state index is 0.0335. The Labute approximate surface area is 201 Å². The molecule has 2 atom stereocenters. The highest BCUT2D eigenvalue weighted by molar-refractivity contribution is 7.99. The average molecular weight is 521 g/mol. The molecular formula is C22H18Cl2F4N2O2S. The number of nitrogens with zero attached hydrogens (tertiary/aromatic N) is 1. The number of aryl methyl sites for hydroxylation is 1. The summed E-state index contributed by atoms with van der Waals surface area (Å²) >= 11 is 13.2. The van der Waals surface area contributed by atoms with E-state index in [4.69, 9.17) is 28.0 Å². The molecule has 0 saturated carbocycles. The summed E-state index contributed by atoms with van der Waals surface area (Å²) < 4.78 is 56.3. The smallest absolute Gasteiger partial charge is 0.374 e. The molecule has 2 heterocycles. The lowest BCUT2D eigenvalue weighted by Gasteiger charge is -2.29. The number of alkyl halides is 3. The predicted molar refractivity (Wildman–Crippen MR) is 121 cm³/mol. The first-order valence-electron chi connectivity index (χ1n) is 9.98. The summed E-state index contributed by atoms with van der Waals surface area (Å²) in [7, 11) is 0. The molecule has 1 saturated heterocycles. The van der Waals surface area contributed by atoms with Gasteiger partial charge in [-0.1, -0.05) is 34.4 Å². The number of hydrogen-bond acceptors (Lipinski definition) is 4. The van der Waals surface area contributed by atoms with Crippen LogP contribution in [0.5, 0.6) is 0 Å². The first-order valence-corrected chi connectivity index (χ1v) is 11.9. The zero-order valence-corrected chi connectivity index (χ0v) is 19.6. The van der Waals surface area contributed by atoms with Crippen molar-refractivity contribution in [1.29, 1.82) is 0 Å². The van der Waals surface area contributed by atoms with E-state index in [-0.39, 0.29) is 17.7 Å². The molecule has 1 amide bonds. The van der Waals surface area contributed by atoms with Crippen LogP contribution in [0.3, 0.4) is 0 Å². The average Bonchev–Trinajstić information content (AvgIpc) is 3.41.